The zero-order valence-corrected chi connectivity index (χ0v) is 15.7. The van der Waals surface area contributed by atoms with Gasteiger partial charge in [-0.25, -0.2) is 4.79 Å². The van der Waals surface area contributed by atoms with Crippen molar-refractivity contribution >= 4 is 23.2 Å². The third-order valence-corrected chi connectivity index (χ3v) is 7.21. The third-order valence-electron chi connectivity index (χ3n) is 3.01. The molecule has 0 spiro atoms. The molecule has 0 fully saturated rings. The van der Waals surface area contributed by atoms with E-state index >= 15 is 0 Å². The Kier molecular flexibility index (Phi) is 8.60. The number of hydrogen-bond donors (Lipinski definition) is 1. The van der Waals surface area contributed by atoms with Gasteiger partial charge in [-0.1, -0.05) is 6.92 Å². The van der Waals surface area contributed by atoms with Crippen LogP contribution in [0.15, 0.2) is 0 Å². The van der Waals surface area contributed by atoms with Crippen LogP contribution in [0.1, 0.15) is 19.8 Å². The van der Waals surface area contributed by atoms with Crippen molar-refractivity contribution in [2.24, 2.45) is 0 Å². The minimum atomic E-state index is -2.65. The van der Waals surface area contributed by atoms with Gasteiger partial charge in [-0.2, -0.15) is 0 Å². The second-order valence-electron chi connectivity index (χ2n) is 5.54. The number of carbonyl (C=O) groups is 1. The molecule has 0 saturated heterocycles. The molecule has 6 nitrogen and oxygen atoms in total. The molecule has 0 aromatic heterocycles. The smallest absolute Gasteiger partial charge is 0.503 e. The van der Waals surface area contributed by atoms with Crippen LogP contribution in [0.25, 0.3) is 0 Å². The summed E-state index contributed by atoms with van der Waals surface area (Å²) in [6.07, 6.45) is 1.25. The lowest BCUT2D eigenvalue weighted by Crippen LogP contribution is -2.48. The molecular weight excluding hydrogens is 294 g/mol. The first-order valence-corrected chi connectivity index (χ1v) is 12.1. The molecule has 20 heavy (non-hydrogen) atoms. The van der Waals surface area contributed by atoms with Crippen LogP contribution in [-0.4, -0.2) is 51.1 Å². The Morgan fingerprint density at radius 3 is 1.95 bits per heavy atom. The fourth-order valence-electron chi connectivity index (χ4n) is 2.04. The molecule has 0 radical (unpaired) electrons. The molecule has 1 atom stereocenters. The topological polar surface area (TPSA) is 66.0 Å². The van der Waals surface area contributed by atoms with E-state index in [0.29, 0.717) is 6.54 Å². The van der Waals surface area contributed by atoms with Crippen LogP contribution in [0.3, 0.4) is 0 Å². The zero-order chi connectivity index (χ0) is 15.8. The number of nitrogens with one attached hydrogen (secondary N) is 1. The Labute approximate surface area is 124 Å². The van der Waals surface area contributed by atoms with Crippen molar-refractivity contribution in [3.05, 3.63) is 0 Å². The Morgan fingerprint density at radius 2 is 1.60 bits per heavy atom. The minimum Gasteiger partial charge on any atom is -0.504 e. The fourth-order valence-corrected chi connectivity index (χ4v) is 5.17. The number of amides is 1. The highest BCUT2D eigenvalue weighted by atomic mass is 28.4. The third kappa shape index (κ3) is 6.36. The van der Waals surface area contributed by atoms with Crippen LogP contribution < -0.4 is 5.32 Å². The van der Waals surface area contributed by atoms with Gasteiger partial charge in [0.2, 0.25) is 8.32 Å². The van der Waals surface area contributed by atoms with Gasteiger partial charge in [-0.3, -0.25) is 0 Å². The van der Waals surface area contributed by atoms with Crippen molar-refractivity contribution in [2.75, 3.05) is 27.9 Å². The Bertz CT molecular complexity index is 284. The Hall–Kier alpha value is -0.416. The van der Waals surface area contributed by atoms with E-state index in [2.05, 4.69) is 12.2 Å². The van der Waals surface area contributed by atoms with E-state index in [1.807, 2.05) is 19.6 Å². The summed E-state index contributed by atoms with van der Waals surface area (Å²) >= 11 is 0. The van der Waals surface area contributed by atoms with Crippen molar-refractivity contribution < 1.29 is 22.5 Å². The van der Waals surface area contributed by atoms with Gasteiger partial charge in [0.1, 0.15) is 0 Å². The standard InChI is InChI=1S/C12H29NO5Si2/c1-8-11(20(15-2,16-3)17-4)9-10-13-12(14)18-19(5,6)7/h11H,8-10H2,1-7H3,(H,13,14). The average molecular weight is 324 g/mol. The normalized spacial score (nSPS) is 13.9. The van der Waals surface area contributed by atoms with E-state index < -0.39 is 17.1 Å². The van der Waals surface area contributed by atoms with Gasteiger partial charge in [0.15, 0.2) is 0 Å². The van der Waals surface area contributed by atoms with Crippen LogP contribution in [-0.2, 0) is 17.7 Å². The van der Waals surface area contributed by atoms with Gasteiger partial charge in [0.05, 0.1) is 0 Å². The van der Waals surface area contributed by atoms with Gasteiger partial charge in [-0.05, 0) is 32.5 Å². The quantitative estimate of drug-likeness (QED) is 0.661. The Morgan fingerprint density at radius 1 is 1.10 bits per heavy atom. The second-order valence-corrected chi connectivity index (χ2v) is 13.2. The maximum Gasteiger partial charge on any atom is 0.503 e. The van der Waals surface area contributed by atoms with E-state index in [-0.39, 0.29) is 11.6 Å². The first kappa shape index (κ1) is 19.6. The molecule has 120 valence electrons. The molecule has 1 unspecified atom stereocenters. The summed E-state index contributed by atoms with van der Waals surface area (Å²) in [6, 6.07) is 0. The molecule has 0 aliphatic rings. The lowest BCUT2D eigenvalue weighted by atomic mass is 10.2. The highest BCUT2D eigenvalue weighted by Crippen LogP contribution is 2.30. The van der Waals surface area contributed by atoms with Crippen LogP contribution >= 0.6 is 0 Å². The molecule has 0 heterocycles. The summed E-state index contributed by atoms with van der Waals surface area (Å²) in [5, 5.41) is 2.78. The van der Waals surface area contributed by atoms with Gasteiger partial charge in [-0.15, -0.1) is 0 Å². The maximum absolute atomic E-state index is 11.6. The number of hydrogen-bond acceptors (Lipinski definition) is 5. The highest BCUT2D eigenvalue weighted by Gasteiger charge is 2.45. The lowest BCUT2D eigenvalue weighted by molar-refractivity contribution is 0.108. The van der Waals surface area contributed by atoms with Crippen LogP contribution in [0, 0.1) is 0 Å². The minimum absolute atomic E-state index is 0.148. The largest absolute Gasteiger partial charge is 0.504 e. The monoisotopic (exact) mass is 323 g/mol. The van der Waals surface area contributed by atoms with Gasteiger partial charge >= 0.3 is 14.9 Å². The SMILES string of the molecule is CCC(CCNC(=O)O[Si](C)(C)C)[Si](OC)(OC)OC. The van der Waals surface area contributed by atoms with Crippen molar-refractivity contribution in [1.82, 2.24) is 5.32 Å². The van der Waals surface area contributed by atoms with Crippen LogP contribution in [0.4, 0.5) is 4.79 Å². The Balaban J connectivity index is 4.36. The van der Waals surface area contributed by atoms with Gasteiger partial charge in [0, 0.05) is 33.4 Å². The van der Waals surface area contributed by atoms with Crippen LogP contribution in [0.5, 0.6) is 0 Å². The van der Waals surface area contributed by atoms with E-state index in [1.165, 1.54) is 0 Å². The van der Waals surface area contributed by atoms with E-state index in [4.69, 9.17) is 17.7 Å². The summed E-state index contributed by atoms with van der Waals surface area (Å²) in [6.45, 7) is 8.50. The second kappa shape index (κ2) is 8.78. The highest BCUT2D eigenvalue weighted by molar-refractivity contribution is 6.71. The van der Waals surface area contributed by atoms with Gasteiger partial charge < -0.3 is 23.0 Å². The number of rotatable bonds is 9. The fraction of sp³-hybridized carbons (Fsp3) is 0.917. The molecule has 1 N–H and O–H groups in total. The van der Waals surface area contributed by atoms with E-state index in [1.54, 1.807) is 21.3 Å². The summed E-state index contributed by atoms with van der Waals surface area (Å²) in [5.74, 6) is 0. The van der Waals surface area contributed by atoms with Crippen molar-refractivity contribution in [3.63, 3.8) is 0 Å². The lowest BCUT2D eigenvalue weighted by Gasteiger charge is -2.32. The molecule has 0 aromatic carbocycles. The summed E-state index contributed by atoms with van der Waals surface area (Å²) in [5.41, 5.74) is 0.148. The molecule has 1 amide bonds. The molecule has 8 heteroatoms. The van der Waals surface area contributed by atoms with Crippen molar-refractivity contribution in [2.45, 2.75) is 44.9 Å². The molecule has 0 aliphatic heterocycles. The maximum atomic E-state index is 11.6. The zero-order valence-electron chi connectivity index (χ0n) is 13.7. The molecule has 0 aromatic rings. The molecule has 0 rings (SSSR count). The number of carbonyl (C=O) groups excluding carboxylic acids is 1. The predicted octanol–water partition coefficient (Wildman–Crippen LogP) is 2.60. The van der Waals surface area contributed by atoms with Crippen molar-refractivity contribution in [1.29, 1.82) is 0 Å². The summed E-state index contributed by atoms with van der Waals surface area (Å²) in [4.78, 5) is 11.6. The molecular formula is C12H29NO5Si2. The average Bonchev–Trinajstić information content (AvgIpc) is 2.37. The van der Waals surface area contributed by atoms with E-state index in [9.17, 15) is 4.79 Å². The summed E-state index contributed by atoms with van der Waals surface area (Å²) in [7, 11) is 0.328. The molecule has 0 bridgehead atoms. The predicted molar refractivity (Wildman–Crippen MR) is 83.3 cm³/mol. The van der Waals surface area contributed by atoms with E-state index in [0.717, 1.165) is 12.8 Å². The first-order chi connectivity index (χ1) is 9.24. The molecule has 0 saturated carbocycles. The first-order valence-electron chi connectivity index (χ1n) is 6.87. The molecule has 0 aliphatic carbocycles. The van der Waals surface area contributed by atoms with Gasteiger partial charge in [0.25, 0.3) is 0 Å². The van der Waals surface area contributed by atoms with Crippen molar-refractivity contribution in [3.8, 4) is 0 Å². The van der Waals surface area contributed by atoms with Crippen LogP contribution in [0.2, 0.25) is 25.2 Å². The summed E-state index contributed by atoms with van der Waals surface area (Å²) < 4.78 is 21.8.